The molecule has 4 nitrogen and oxygen atoms in total. The average molecular weight is 289 g/mol. The fourth-order valence-electron chi connectivity index (χ4n) is 2.07. The van der Waals surface area contributed by atoms with E-state index in [-0.39, 0.29) is 12.7 Å². The van der Waals surface area contributed by atoms with E-state index < -0.39 is 0 Å². The number of carbonyl (C=O) groups excluding carboxylic acids is 1. The van der Waals surface area contributed by atoms with Crippen molar-refractivity contribution in [3.8, 4) is 11.5 Å². The van der Waals surface area contributed by atoms with Crippen LogP contribution >= 0.6 is 11.3 Å². The number of anilines is 1. The summed E-state index contributed by atoms with van der Waals surface area (Å²) >= 11 is 1.60. The van der Waals surface area contributed by atoms with Gasteiger partial charge in [0.1, 0.15) is 0 Å². The van der Waals surface area contributed by atoms with Crippen molar-refractivity contribution < 1.29 is 14.3 Å². The number of fused-ring (bicyclic) bond motifs is 1. The Morgan fingerprint density at radius 1 is 1.15 bits per heavy atom. The standard InChI is InChI=1S/C15H15NO3S/c1-8-9(2)15(20-10(8)3)16-14(17)11-4-5-12-13(6-11)19-7-18-12/h4-6H,7H2,1-3H3,(H,16,17). The summed E-state index contributed by atoms with van der Waals surface area (Å²) in [5, 5.41) is 3.87. The van der Waals surface area contributed by atoms with Crippen molar-refractivity contribution in [2.24, 2.45) is 0 Å². The van der Waals surface area contributed by atoms with Gasteiger partial charge in [0.25, 0.3) is 5.91 Å². The molecule has 2 heterocycles. The minimum absolute atomic E-state index is 0.132. The van der Waals surface area contributed by atoms with Gasteiger partial charge in [-0.05, 0) is 50.1 Å². The zero-order valence-corrected chi connectivity index (χ0v) is 12.4. The lowest BCUT2D eigenvalue weighted by molar-refractivity contribution is 0.102. The molecule has 0 aliphatic carbocycles. The van der Waals surface area contributed by atoms with Crippen LogP contribution < -0.4 is 14.8 Å². The summed E-state index contributed by atoms with van der Waals surface area (Å²) < 4.78 is 10.5. The fraction of sp³-hybridized carbons (Fsp3) is 0.267. The number of amides is 1. The van der Waals surface area contributed by atoms with E-state index in [2.05, 4.69) is 19.2 Å². The summed E-state index contributed by atoms with van der Waals surface area (Å²) in [4.78, 5) is 13.5. The molecule has 20 heavy (non-hydrogen) atoms. The first-order chi connectivity index (χ1) is 9.56. The van der Waals surface area contributed by atoms with Gasteiger partial charge in [0.15, 0.2) is 11.5 Å². The topological polar surface area (TPSA) is 47.6 Å². The van der Waals surface area contributed by atoms with Crippen LogP contribution in [0.5, 0.6) is 11.5 Å². The number of hydrogen-bond donors (Lipinski definition) is 1. The van der Waals surface area contributed by atoms with Gasteiger partial charge < -0.3 is 14.8 Å². The summed E-state index contributed by atoms with van der Waals surface area (Å²) in [6, 6.07) is 5.21. The van der Waals surface area contributed by atoms with Gasteiger partial charge in [-0.15, -0.1) is 11.3 Å². The van der Waals surface area contributed by atoms with Gasteiger partial charge in [-0.3, -0.25) is 4.79 Å². The van der Waals surface area contributed by atoms with E-state index in [1.165, 1.54) is 10.4 Å². The molecule has 3 rings (SSSR count). The summed E-state index contributed by atoms with van der Waals surface area (Å²) in [6.07, 6.45) is 0. The SMILES string of the molecule is Cc1sc(NC(=O)c2ccc3c(c2)OCO3)c(C)c1C. The van der Waals surface area contributed by atoms with Gasteiger partial charge in [0, 0.05) is 10.4 Å². The van der Waals surface area contributed by atoms with Crippen molar-refractivity contribution in [2.45, 2.75) is 20.8 Å². The Balaban J connectivity index is 1.84. The van der Waals surface area contributed by atoms with Gasteiger partial charge in [-0.25, -0.2) is 0 Å². The van der Waals surface area contributed by atoms with Crippen molar-refractivity contribution >= 4 is 22.2 Å². The van der Waals surface area contributed by atoms with Gasteiger partial charge in [0.2, 0.25) is 6.79 Å². The maximum absolute atomic E-state index is 12.3. The predicted octanol–water partition coefficient (Wildman–Crippen LogP) is 3.65. The van der Waals surface area contributed by atoms with E-state index >= 15 is 0 Å². The lowest BCUT2D eigenvalue weighted by atomic mass is 10.1. The molecule has 1 N–H and O–H groups in total. The Hall–Kier alpha value is -2.01. The van der Waals surface area contributed by atoms with Gasteiger partial charge >= 0.3 is 0 Å². The summed E-state index contributed by atoms with van der Waals surface area (Å²) in [7, 11) is 0. The molecule has 0 atom stereocenters. The molecule has 0 radical (unpaired) electrons. The van der Waals surface area contributed by atoms with E-state index in [0.29, 0.717) is 17.1 Å². The van der Waals surface area contributed by atoms with Crippen molar-refractivity contribution in [2.75, 3.05) is 12.1 Å². The van der Waals surface area contributed by atoms with Crippen molar-refractivity contribution in [1.82, 2.24) is 0 Å². The molecule has 1 aromatic heterocycles. The molecule has 1 amide bonds. The third-order valence-electron chi connectivity index (χ3n) is 3.55. The molecule has 0 bridgehead atoms. The van der Waals surface area contributed by atoms with Crippen molar-refractivity contribution in [3.63, 3.8) is 0 Å². The molecular formula is C15H15NO3S. The number of nitrogens with one attached hydrogen (secondary N) is 1. The van der Waals surface area contributed by atoms with Crippen LogP contribution in [0.1, 0.15) is 26.4 Å². The molecule has 0 saturated heterocycles. The van der Waals surface area contributed by atoms with E-state index in [1.807, 2.05) is 6.92 Å². The number of ether oxygens (including phenoxy) is 2. The highest BCUT2D eigenvalue weighted by Gasteiger charge is 2.17. The molecule has 1 aliphatic heterocycles. The van der Waals surface area contributed by atoms with Gasteiger partial charge in [0.05, 0.1) is 5.00 Å². The summed E-state index contributed by atoms with van der Waals surface area (Å²) in [5.74, 6) is 1.17. The van der Waals surface area contributed by atoms with Crippen LogP contribution in [0.2, 0.25) is 0 Å². The van der Waals surface area contributed by atoms with Crippen LogP contribution in [-0.2, 0) is 0 Å². The minimum Gasteiger partial charge on any atom is -0.454 e. The average Bonchev–Trinajstić information content (AvgIpc) is 2.99. The van der Waals surface area contributed by atoms with Crippen LogP contribution in [0.25, 0.3) is 0 Å². The van der Waals surface area contributed by atoms with E-state index in [1.54, 1.807) is 29.5 Å². The molecule has 104 valence electrons. The Morgan fingerprint density at radius 3 is 2.60 bits per heavy atom. The second-order valence-corrected chi connectivity index (χ2v) is 5.98. The number of aryl methyl sites for hydroxylation is 1. The molecule has 0 saturated carbocycles. The Kier molecular flexibility index (Phi) is 3.14. The van der Waals surface area contributed by atoms with Crippen LogP contribution in [-0.4, -0.2) is 12.7 Å². The van der Waals surface area contributed by atoms with Gasteiger partial charge in [-0.2, -0.15) is 0 Å². The van der Waals surface area contributed by atoms with Crippen LogP contribution in [0.3, 0.4) is 0 Å². The second kappa shape index (κ2) is 4.83. The fourth-order valence-corrected chi connectivity index (χ4v) is 3.14. The smallest absolute Gasteiger partial charge is 0.256 e. The molecule has 5 heteroatoms. The quantitative estimate of drug-likeness (QED) is 0.918. The number of thiophene rings is 1. The monoisotopic (exact) mass is 289 g/mol. The third-order valence-corrected chi connectivity index (χ3v) is 4.77. The maximum Gasteiger partial charge on any atom is 0.256 e. The van der Waals surface area contributed by atoms with E-state index in [9.17, 15) is 4.79 Å². The largest absolute Gasteiger partial charge is 0.454 e. The summed E-state index contributed by atoms with van der Waals surface area (Å²) in [6.45, 7) is 6.36. The molecule has 0 spiro atoms. The molecule has 2 aromatic rings. The van der Waals surface area contributed by atoms with Crippen LogP contribution in [0.15, 0.2) is 18.2 Å². The first-order valence-electron chi connectivity index (χ1n) is 6.34. The number of carbonyl (C=O) groups is 1. The number of rotatable bonds is 2. The summed E-state index contributed by atoms with van der Waals surface area (Å²) in [5.41, 5.74) is 2.93. The highest BCUT2D eigenvalue weighted by atomic mass is 32.1. The Morgan fingerprint density at radius 2 is 1.90 bits per heavy atom. The van der Waals surface area contributed by atoms with E-state index in [4.69, 9.17) is 9.47 Å². The highest BCUT2D eigenvalue weighted by molar-refractivity contribution is 7.16. The number of hydrogen-bond acceptors (Lipinski definition) is 4. The molecular weight excluding hydrogens is 274 g/mol. The zero-order valence-electron chi connectivity index (χ0n) is 11.6. The molecule has 1 aromatic carbocycles. The predicted molar refractivity (Wildman–Crippen MR) is 79.0 cm³/mol. The second-order valence-electron chi connectivity index (χ2n) is 4.76. The third kappa shape index (κ3) is 2.14. The Labute approximate surface area is 121 Å². The zero-order chi connectivity index (χ0) is 14.3. The molecule has 0 unspecified atom stereocenters. The van der Waals surface area contributed by atoms with E-state index in [0.717, 1.165) is 10.6 Å². The maximum atomic E-state index is 12.3. The lowest BCUT2D eigenvalue weighted by Crippen LogP contribution is -2.11. The first-order valence-corrected chi connectivity index (χ1v) is 7.15. The number of benzene rings is 1. The first kappa shape index (κ1) is 13.0. The van der Waals surface area contributed by atoms with Crippen molar-refractivity contribution in [3.05, 3.63) is 39.8 Å². The molecule has 1 aliphatic rings. The normalized spacial score (nSPS) is 12.6. The molecule has 0 fully saturated rings. The Bertz CT molecular complexity index is 691. The lowest BCUT2D eigenvalue weighted by Gasteiger charge is -2.05. The minimum atomic E-state index is -0.132. The van der Waals surface area contributed by atoms with Gasteiger partial charge in [-0.1, -0.05) is 0 Å². The van der Waals surface area contributed by atoms with Crippen LogP contribution in [0.4, 0.5) is 5.00 Å². The van der Waals surface area contributed by atoms with Crippen molar-refractivity contribution in [1.29, 1.82) is 0 Å². The van der Waals surface area contributed by atoms with Crippen LogP contribution in [0, 0.1) is 20.8 Å². The highest BCUT2D eigenvalue weighted by Crippen LogP contribution is 2.34.